The number of nitrogens with one attached hydrogen (secondary N) is 2. The molecule has 0 radical (unpaired) electrons. The standard InChI is InChI=1S/C10H16N4OS/c1-16-10-12-3-2-9(14-10)13-7-8-6-11-4-5-15-8/h2-3,8,11H,4-7H2,1H3,(H,12,13,14). The molecule has 2 rings (SSSR count). The van der Waals surface area contributed by atoms with E-state index in [1.807, 2.05) is 12.3 Å². The highest BCUT2D eigenvalue weighted by atomic mass is 32.2. The summed E-state index contributed by atoms with van der Waals surface area (Å²) in [5, 5.41) is 7.34. The van der Waals surface area contributed by atoms with Crippen LogP contribution in [0.2, 0.25) is 0 Å². The van der Waals surface area contributed by atoms with Gasteiger partial charge >= 0.3 is 0 Å². The Bertz CT molecular complexity index is 330. The Labute approximate surface area is 99.4 Å². The molecule has 0 saturated carbocycles. The molecule has 1 saturated heterocycles. The van der Waals surface area contributed by atoms with Crippen LogP contribution in [-0.2, 0) is 4.74 Å². The fourth-order valence-corrected chi connectivity index (χ4v) is 1.86. The molecule has 88 valence electrons. The van der Waals surface area contributed by atoms with Gasteiger partial charge < -0.3 is 15.4 Å². The molecule has 0 aliphatic carbocycles. The first-order chi connectivity index (χ1) is 7.88. The number of hydrogen-bond donors (Lipinski definition) is 2. The average Bonchev–Trinajstić information content (AvgIpc) is 2.38. The zero-order chi connectivity index (χ0) is 11.2. The Kier molecular flexibility index (Phi) is 4.38. The summed E-state index contributed by atoms with van der Waals surface area (Å²) in [6.45, 7) is 3.40. The van der Waals surface area contributed by atoms with E-state index in [1.165, 1.54) is 11.8 Å². The van der Waals surface area contributed by atoms with Crippen molar-refractivity contribution < 1.29 is 4.74 Å². The maximum atomic E-state index is 5.58. The molecule has 1 aliphatic rings. The molecule has 1 aromatic rings. The second-order valence-electron chi connectivity index (χ2n) is 3.51. The molecule has 0 spiro atoms. The quantitative estimate of drug-likeness (QED) is 0.593. The first-order valence-corrected chi connectivity index (χ1v) is 6.54. The highest BCUT2D eigenvalue weighted by Gasteiger charge is 2.12. The maximum Gasteiger partial charge on any atom is 0.189 e. The molecule has 16 heavy (non-hydrogen) atoms. The third-order valence-corrected chi connectivity index (χ3v) is 2.89. The van der Waals surface area contributed by atoms with E-state index >= 15 is 0 Å². The zero-order valence-corrected chi connectivity index (χ0v) is 10.1. The Hall–Kier alpha value is -0.850. The Morgan fingerprint density at radius 2 is 2.62 bits per heavy atom. The Morgan fingerprint density at radius 3 is 3.38 bits per heavy atom. The Balaban J connectivity index is 1.83. The van der Waals surface area contributed by atoms with Gasteiger partial charge in [-0.05, 0) is 12.3 Å². The van der Waals surface area contributed by atoms with E-state index in [2.05, 4.69) is 20.6 Å². The molecule has 5 nitrogen and oxygen atoms in total. The van der Waals surface area contributed by atoms with Crippen LogP contribution in [0, 0.1) is 0 Å². The largest absolute Gasteiger partial charge is 0.374 e. The van der Waals surface area contributed by atoms with E-state index in [4.69, 9.17) is 4.74 Å². The van der Waals surface area contributed by atoms with Crippen molar-refractivity contribution in [2.24, 2.45) is 0 Å². The molecule has 1 fully saturated rings. The minimum Gasteiger partial charge on any atom is -0.374 e. The predicted octanol–water partition coefficient (Wildman–Crippen LogP) is 0.599. The van der Waals surface area contributed by atoms with Crippen molar-refractivity contribution in [2.45, 2.75) is 11.3 Å². The van der Waals surface area contributed by atoms with Gasteiger partial charge in [-0.25, -0.2) is 9.97 Å². The van der Waals surface area contributed by atoms with Crippen LogP contribution in [0.4, 0.5) is 5.82 Å². The third kappa shape index (κ3) is 3.33. The van der Waals surface area contributed by atoms with E-state index in [9.17, 15) is 0 Å². The lowest BCUT2D eigenvalue weighted by molar-refractivity contribution is 0.0372. The number of rotatable bonds is 4. The SMILES string of the molecule is CSc1nccc(NCC2CNCCO2)n1. The van der Waals surface area contributed by atoms with Crippen LogP contribution in [0.1, 0.15) is 0 Å². The second-order valence-corrected chi connectivity index (χ2v) is 4.28. The van der Waals surface area contributed by atoms with Crippen molar-refractivity contribution in [2.75, 3.05) is 37.8 Å². The molecular formula is C10H16N4OS. The van der Waals surface area contributed by atoms with Gasteiger partial charge in [-0.3, -0.25) is 0 Å². The number of thioether (sulfide) groups is 1. The van der Waals surface area contributed by atoms with E-state index < -0.39 is 0 Å². The zero-order valence-electron chi connectivity index (χ0n) is 9.27. The smallest absolute Gasteiger partial charge is 0.189 e. The summed E-state index contributed by atoms with van der Waals surface area (Å²) in [6, 6.07) is 1.87. The van der Waals surface area contributed by atoms with Gasteiger partial charge in [0.2, 0.25) is 0 Å². The first-order valence-electron chi connectivity index (χ1n) is 5.31. The molecule has 1 aromatic heterocycles. The Morgan fingerprint density at radius 1 is 1.69 bits per heavy atom. The summed E-state index contributed by atoms with van der Waals surface area (Å²) in [4.78, 5) is 8.46. The molecule has 2 N–H and O–H groups in total. The molecule has 0 aromatic carbocycles. The number of nitrogens with zero attached hydrogens (tertiary/aromatic N) is 2. The van der Waals surface area contributed by atoms with Gasteiger partial charge in [-0.1, -0.05) is 11.8 Å². The van der Waals surface area contributed by atoms with Gasteiger partial charge in [0, 0.05) is 25.8 Å². The maximum absolute atomic E-state index is 5.58. The third-order valence-electron chi connectivity index (χ3n) is 2.33. The minimum atomic E-state index is 0.224. The van der Waals surface area contributed by atoms with Gasteiger partial charge in [0.1, 0.15) is 5.82 Å². The molecule has 0 amide bonds. The topological polar surface area (TPSA) is 59.1 Å². The highest BCUT2D eigenvalue weighted by molar-refractivity contribution is 7.98. The summed E-state index contributed by atoms with van der Waals surface area (Å²) >= 11 is 1.54. The molecule has 1 unspecified atom stereocenters. The monoisotopic (exact) mass is 240 g/mol. The number of aromatic nitrogens is 2. The lowest BCUT2D eigenvalue weighted by atomic mass is 10.3. The predicted molar refractivity (Wildman–Crippen MR) is 64.9 cm³/mol. The second kappa shape index (κ2) is 6.03. The van der Waals surface area contributed by atoms with Crippen LogP contribution < -0.4 is 10.6 Å². The summed E-state index contributed by atoms with van der Waals surface area (Å²) in [5.41, 5.74) is 0. The normalized spacial score (nSPS) is 20.7. The van der Waals surface area contributed by atoms with Gasteiger partial charge in [0.25, 0.3) is 0 Å². The molecule has 6 heteroatoms. The lowest BCUT2D eigenvalue weighted by Gasteiger charge is -2.23. The number of anilines is 1. The van der Waals surface area contributed by atoms with Crippen molar-refractivity contribution in [1.29, 1.82) is 0 Å². The van der Waals surface area contributed by atoms with Crippen LogP contribution in [0.25, 0.3) is 0 Å². The molecule has 1 atom stereocenters. The summed E-state index contributed by atoms with van der Waals surface area (Å²) in [7, 11) is 0. The molecule has 2 heterocycles. The first kappa shape index (κ1) is 11.6. The highest BCUT2D eigenvalue weighted by Crippen LogP contribution is 2.10. The number of morpholine rings is 1. The van der Waals surface area contributed by atoms with Crippen LogP contribution in [0.5, 0.6) is 0 Å². The van der Waals surface area contributed by atoms with Crippen LogP contribution in [0.3, 0.4) is 0 Å². The molecule has 0 bridgehead atoms. The van der Waals surface area contributed by atoms with Gasteiger partial charge in [0.05, 0.1) is 12.7 Å². The summed E-state index contributed by atoms with van der Waals surface area (Å²) in [5.74, 6) is 0.855. The van der Waals surface area contributed by atoms with Crippen LogP contribution >= 0.6 is 11.8 Å². The summed E-state index contributed by atoms with van der Waals surface area (Å²) in [6.07, 6.45) is 3.95. The van der Waals surface area contributed by atoms with Crippen molar-refractivity contribution >= 4 is 17.6 Å². The summed E-state index contributed by atoms with van der Waals surface area (Å²) < 4.78 is 5.58. The van der Waals surface area contributed by atoms with E-state index in [1.54, 1.807) is 6.20 Å². The van der Waals surface area contributed by atoms with Crippen molar-refractivity contribution in [3.63, 3.8) is 0 Å². The van der Waals surface area contributed by atoms with E-state index in [0.717, 1.165) is 37.2 Å². The van der Waals surface area contributed by atoms with Crippen molar-refractivity contribution in [1.82, 2.24) is 15.3 Å². The fourth-order valence-electron chi connectivity index (χ4n) is 1.51. The minimum absolute atomic E-state index is 0.224. The molecule has 1 aliphatic heterocycles. The molecular weight excluding hydrogens is 224 g/mol. The van der Waals surface area contributed by atoms with Crippen LogP contribution in [-0.4, -0.2) is 48.6 Å². The number of hydrogen-bond acceptors (Lipinski definition) is 6. The van der Waals surface area contributed by atoms with Crippen molar-refractivity contribution in [3.8, 4) is 0 Å². The van der Waals surface area contributed by atoms with Gasteiger partial charge in [-0.2, -0.15) is 0 Å². The van der Waals surface area contributed by atoms with Gasteiger partial charge in [-0.15, -0.1) is 0 Å². The van der Waals surface area contributed by atoms with E-state index in [0.29, 0.717) is 0 Å². The number of ether oxygens (including phenoxy) is 1. The van der Waals surface area contributed by atoms with Gasteiger partial charge in [0.15, 0.2) is 5.16 Å². The average molecular weight is 240 g/mol. The van der Waals surface area contributed by atoms with Crippen LogP contribution in [0.15, 0.2) is 17.4 Å². The van der Waals surface area contributed by atoms with E-state index in [-0.39, 0.29) is 6.10 Å². The lowest BCUT2D eigenvalue weighted by Crippen LogP contribution is -2.42. The van der Waals surface area contributed by atoms with Crippen molar-refractivity contribution in [3.05, 3.63) is 12.3 Å². The fraction of sp³-hybridized carbons (Fsp3) is 0.600.